The summed E-state index contributed by atoms with van der Waals surface area (Å²) in [6.07, 6.45) is 0. The molecule has 0 saturated carbocycles. The lowest BCUT2D eigenvalue weighted by molar-refractivity contribution is 0.449. The topological polar surface area (TPSA) is 41.6 Å². The molecule has 1 aliphatic rings. The van der Waals surface area contributed by atoms with E-state index in [-0.39, 0.29) is 29.4 Å². The molecule has 2 N–H and O–H groups in total. The Bertz CT molecular complexity index is 465. The molecule has 1 fully saturated rings. The summed E-state index contributed by atoms with van der Waals surface area (Å²) >= 11 is 1.99. The monoisotopic (exact) mass is 419 g/mol. The third-order valence-corrected chi connectivity index (χ3v) is 4.75. The molecule has 0 atom stereocenters. The van der Waals surface area contributed by atoms with Crippen molar-refractivity contribution >= 4 is 41.7 Å². The van der Waals surface area contributed by atoms with Crippen molar-refractivity contribution < 1.29 is 0 Å². The van der Waals surface area contributed by atoms with Crippen molar-refractivity contribution in [3.63, 3.8) is 0 Å². The van der Waals surface area contributed by atoms with Gasteiger partial charge in [-0.3, -0.25) is 4.99 Å². The van der Waals surface area contributed by atoms with Gasteiger partial charge in [0.25, 0.3) is 0 Å². The molecule has 0 amide bonds. The van der Waals surface area contributed by atoms with Crippen LogP contribution in [0.4, 0.5) is 0 Å². The van der Waals surface area contributed by atoms with Crippen molar-refractivity contribution in [2.45, 2.75) is 26.2 Å². The maximum Gasteiger partial charge on any atom is 0.191 e. The molecular formula is C16H26IN3S. The SMILES string of the molecule is Cc1ccc(C(C)(C)CN=C(N)N2CCSCC2)cc1.I. The van der Waals surface area contributed by atoms with Crippen molar-refractivity contribution in [2.75, 3.05) is 31.1 Å². The second-order valence-electron chi connectivity index (χ2n) is 6.02. The quantitative estimate of drug-likeness (QED) is 0.465. The van der Waals surface area contributed by atoms with Gasteiger partial charge in [-0.25, -0.2) is 0 Å². The Morgan fingerprint density at radius 1 is 1.24 bits per heavy atom. The molecule has 0 spiro atoms. The van der Waals surface area contributed by atoms with E-state index in [1.807, 2.05) is 11.8 Å². The summed E-state index contributed by atoms with van der Waals surface area (Å²) < 4.78 is 0. The number of aliphatic imine (C=N–C) groups is 1. The normalized spacial score (nSPS) is 16.5. The van der Waals surface area contributed by atoms with Crippen LogP contribution in [0.2, 0.25) is 0 Å². The zero-order valence-electron chi connectivity index (χ0n) is 13.1. The van der Waals surface area contributed by atoms with E-state index in [1.165, 1.54) is 11.1 Å². The maximum atomic E-state index is 6.12. The minimum atomic E-state index is 0. The number of guanidine groups is 1. The Morgan fingerprint density at radius 2 is 1.81 bits per heavy atom. The van der Waals surface area contributed by atoms with E-state index in [0.717, 1.165) is 31.1 Å². The highest BCUT2D eigenvalue weighted by molar-refractivity contribution is 14.0. The molecule has 0 unspecified atom stereocenters. The number of rotatable bonds is 3. The summed E-state index contributed by atoms with van der Waals surface area (Å²) in [6, 6.07) is 8.70. The Balaban J connectivity index is 0.00000220. The lowest BCUT2D eigenvalue weighted by Gasteiger charge is -2.29. The largest absolute Gasteiger partial charge is 0.370 e. The van der Waals surface area contributed by atoms with Crippen LogP contribution in [0.5, 0.6) is 0 Å². The van der Waals surface area contributed by atoms with Crippen LogP contribution in [0.25, 0.3) is 0 Å². The van der Waals surface area contributed by atoms with Gasteiger partial charge in [0.05, 0.1) is 6.54 Å². The van der Waals surface area contributed by atoms with Crippen molar-refractivity contribution in [2.24, 2.45) is 10.7 Å². The van der Waals surface area contributed by atoms with Crippen LogP contribution in [-0.2, 0) is 5.41 Å². The number of hydrogen-bond acceptors (Lipinski definition) is 2. The smallest absolute Gasteiger partial charge is 0.191 e. The number of hydrogen-bond donors (Lipinski definition) is 1. The van der Waals surface area contributed by atoms with Crippen LogP contribution in [0.3, 0.4) is 0 Å². The van der Waals surface area contributed by atoms with E-state index < -0.39 is 0 Å². The second kappa shape index (κ2) is 8.27. The predicted molar refractivity (Wildman–Crippen MR) is 105 cm³/mol. The Morgan fingerprint density at radius 3 is 2.38 bits per heavy atom. The number of nitrogens with two attached hydrogens (primary N) is 1. The van der Waals surface area contributed by atoms with E-state index in [4.69, 9.17) is 5.73 Å². The van der Waals surface area contributed by atoms with Crippen LogP contribution in [0.1, 0.15) is 25.0 Å². The molecule has 1 saturated heterocycles. The number of benzene rings is 1. The zero-order chi connectivity index (χ0) is 14.6. The van der Waals surface area contributed by atoms with Gasteiger partial charge in [0, 0.05) is 30.0 Å². The average molecular weight is 419 g/mol. The average Bonchev–Trinajstić information content (AvgIpc) is 2.46. The number of nitrogens with zero attached hydrogens (tertiary/aromatic N) is 2. The lowest BCUT2D eigenvalue weighted by Crippen LogP contribution is -2.43. The molecule has 0 aliphatic carbocycles. The standard InChI is InChI=1S/C16H25N3S.HI/c1-13-4-6-14(7-5-13)16(2,3)12-18-15(17)19-8-10-20-11-9-19;/h4-7H,8-12H2,1-3H3,(H2,17,18);1H. The molecule has 3 nitrogen and oxygen atoms in total. The van der Waals surface area contributed by atoms with Gasteiger partial charge in [-0.05, 0) is 12.5 Å². The minimum absolute atomic E-state index is 0. The van der Waals surface area contributed by atoms with Crippen LogP contribution < -0.4 is 5.73 Å². The first-order chi connectivity index (χ1) is 9.49. The predicted octanol–water partition coefficient (Wildman–Crippen LogP) is 3.25. The highest BCUT2D eigenvalue weighted by Crippen LogP contribution is 2.24. The van der Waals surface area contributed by atoms with E-state index >= 15 is 0 Å². The molecule has 21 heavy (non-hydrogen) atoms. The molecule has 1 heterocycles. The fourth-order valence-electron chi connectivity index (χ4n) is 2.27. The zero-order valence-corrected chi connectivity index (χ0v) is 16.3. The Kier molecular flexibility index (Phi) is 7.33. The summed E-state index contributed by atoms with van der Waals surface area (Å²) in [5.41, 5.74) is 8.75. The Hall–Kier alpha value is -0.430. The fourth-order valence-corrected chi connectivity index (χ4v) is 3.17. The van der Waals surface area contributed by atoms with Crippen LogP contribution in [-0.4, -0.2) is 42.0 Å². The minimum Gasteiger partial charge on any atom is -0.370 e. The third-order valence-electron chi connectivity index (χ3n) is 3.80. The molecule has 1 aromatic carbocycles. The maximum absolute atomic E-state index is 6.12. The van der Waals surface area contributed by atoms with Crippen molar-refractivity contribution in [3.05, 3.63) is 35.4 Å². The van der Waals surface area contributed by atoms with Crippen molar-refractivity contribution in [3.8, 4) is 0 Å². The third kappa shape index (κ3) is 5.36. The number of aryl methyl sites for hydroxylation is 1. The van der Waals surface area contributed by atoms with Gasteiger partial charge in [0.15, 0.2) is 5.96 Å². The number of halogens is 1. The van der Waals surface area contributed by atoms with Crippen molar-refractivity contribution in [1.82, 2.24) is 4.90 Å². The first kappa shape index (κ1) is 18.6. The summed E-state index contributed by atoms with van der Waals surface area (Å²) in [5.74, 6) is 3.00. The second-order valence-corrected chi connectivity index (χ2v) is 7.25. The molecule has 0 bridgehead atoms. The summed E-state index contributed by atoms with van der Waals surface area (Å²) in [4.78, 5) is 6.83. The number of thioether (sulfide) groups is 1. The molecular weight excluding hydrogens is 393 g/mol. The highest BCUT2D eigenvalue weighted by Gasteiger charge is 2.21. The molecule has 1 aliphatic heterocycles. The fraction of sp³-hybridized carbons (Fsp3) is 0.562. The molecule has 2 rings (SSSR count). The molecule has 118 valence electrons. The van der Waals surface area contributed by atoms with Gasteiger partial charge in [-0.15, -0.1) is 24.0 Å². The van der Waals surface area contributed by atoms with E-state index in [2.05, 4.69) is 54.9 Å². The highest BCUT2D eigenvalue weighted by atomic mass is 127. The molecule has 0 radical (unpaired) electrons. The van der Waals surface area contributed by atoms with Gasteiger partial charge in [-0.2, -0.15) is 11.8 Å². The van der Waals surface area contributed by atoms with Crippen LogP contribution >= 0.6 is 35.7 Å². The van der Waals surface area contributed by atoms with Crippen LogP contribution in [0.15, 0.2) is 29.3 Å². The molecule has 1 aromatic rings. The molecule has 5 heteroatoms. The Labute approximate surface area is 149 Å². The first-order valence-corrected chi connectivity index (χ1v) is 8.34. The van der Waals surface area contributed by atoms with E-state index in [9.17, 15) is 0 Å². The van der Waals surface area contributed by atoms with Gasteiger partial charge < -0.3 is 10.6 Å². The van der Waals surface area contributed by atoms with Gasteiger partial charge in [0.2, 0.25) is 0 Å². The van der Waals surface area contributed by atoms with Gasteiger partial charge >= 0.3 is 0 Å². The van der Waals surface area contributed by atoms with Crippen molar-refractivity contribution in [1.29, 1.82) is 0 Å². The summed E-state index contributed by atoms with van der Waals surface area (Å²) in [5, 5.41) is 0. The van der Waals surface area contributed by atoms with E-state index in [1.54, 1.807) is 0 Å². The van der Waals surface area contributed by atoms with Gasteiger partial charge in [0.1, 0.15) is 0 Å². The summed E-state index contributed by atoms with van der Waals surface area (Å²) in [7, 11) is 0. The lowest BCUT2D eigenvalue weighted by atomic mass is 9.84. The molecule has 0 aromatic heterocycles. The van der Waals surface area contributed by atoms with E-state index in [0.29, 0.717) is 5.96 Å². The van der Waals surface area contributed by atoms with Crippen LogP contribution in [0, 0.1) is 6.92 Å². The van der Waals surface area contributed by atoms with Gasteiger partial charge in [-0.1, -0.05) is 43.7 Å². The summed E-state index contributed by atoms with van der Waals surface area (Å²) in [6.45, 7) is 9.32. The first-order valence-electron chi connectivity index (χ1n) is 7.19.